The van der Waals surface area contributed by atoms with Crippen LogP contribution in [0.5, 0.6) is 0 Å². The van der Waals surface area contributed by atoms with Crippen LogP contribution in [0, 0.1) is 0 Å². The molecule has 16 heavy (non-hydrogen) atoms. The van der Waals surface area contributed by atoms with Crippen LogP contribution in [0.2, 0.25) is 0 Å². The van der Waals surface area contributed by atoms with Gasteiger partial charge in [-0.15, -0.1) is 0 Å². The van der Waals surface area contributed by atoms with Crippen molar-refractivity contribution in [3.05, 3.63) is 5.69 Å². The SMILES string of the molecule is Nc1nonc1C(=O)N1CC(=O)NC(=O)C1. The number of carbonyl (C=O) groups is 3. The second kappa shape index (κ2) is 3.61. The van der Waals surface area contributed by atoms with E-state index in [4.69, 9.17) is 5.73 Å². The fraction of sp³-hybridized carbons (Fsp3) is 0.286. The van der Waals surface area contributed by atoms with Crippen LogP contribution < -0.4 is 11.1 Å². The minimum absolute atomic E-state index is 0.177. The number of carbonyl (C=O) groups excluding carboxylic acids is 3. The molecule has 2 rings (SSSR count). The number of rotatable bonds is 1. The number of imide groups is 1. The number of nitrogen functional groups attached to an aromatic ring is 1. The highest BCUT2D eigenvalue weighted by atomic mass is 16.6. The van der Waals surface area contributed by atoms with Crippen LogP contribution in [0.3, 0.4) is 0 Å². The quantitative estimate of drug-likeness (QED) is 0.516. The van der Waals surface area contributed by atoms with Crippen molar-refractivity contribution in [1.82, 2.24) is 20.5 Å². The highest BCUT2D eigenvalue weighted by molar-refractivity contribution is 6.06. The molecule has 1 aliphatic rings. The van der Waals surface area contributed by atoms with Crippen molar-refractivity contribution in [2.45, 2.75) is 0 Å². The Morgan fingerprint density at radius 2 is 1.94 bits per heavy atom. The molecule has 1 aliphatic heterocycles. The maximum atomic E-state index is 11.7. The van der Waals surface area contributed by atoms with E-state index in [1.54, 1.807) is 0 Å². The van der Waals surface area contributed by atoms with Gasteiger partial charge in [0, 0.05) is 0 Å². The number of nitrogens with two attached hydrogens (primary N) is 1. The lowest BCUT2D eigenvalue weighted by molar-refractivity contribution is -0.135. The number of nitrogens with one attached hydrogen (secondary N) is 1. The second-order valence-corrected chi connectivity index (χ2v) is 3.13. The van der Waals surface area contributed by atoms with Gasteiger partial charge in [-0.3, -0.25) is 19.7 Å². The van der Waals surface area contributed by atoms with Crippen molar-refractivity contribution < 1.29 is 19.0 Å². The minimum Gasteiger partial charge on any atom is -0.379 e. The molecule has 3 amide bonds. The summed E-state index contributed by atoms with van der Waals surface area (Å²) in [7, 11) is 0. The molecule has 0 atom stereocenters. The lowest BCUT2D eigenvalue weighted by atomic mass is 10.3. The first-order chi connectivity index (χ1) is 7.58. The largest absolute Gasteiger partial charge is 0.379 e. The van der Waals surface area contributed by atoms with E-state index in [-0.39, 0.29) is 24.6 Å². The number of hydrogen-bond acceptors (Lipinski definition) is 7. The number of anilines is 1. The van der Waals surface area contributed by atoms with Crippen LogP contribution in [0.4, 0.5) is 5.82 Å². The summed E-state index contributed by atoms with van der Waals surface area (Å²) >= 11 is 0. The van der Waals surface area contributed by atoms with Gasteiger partial charge >= 0.3 is 0 Å². The normalized spacial score (nSPS) is 16.1. The van der Waals surface area contributed by atoms with E-state index >= 15 is 0 Å². The maximum Gasteiger partial charge on any atom is 0.280 e. The van der Waals surface area contributed by atoms with Gasteiger partial charge in [-0.05, 0) is 10.3 Å². The smallest absolute Gasteiger partial charge is 0.280 e. The van der Waals surface area contributed by atoms with E-state index in [9.17, 15) is 14.4 Å². The monoisotopic (exact) mass is 225 g/mol. The topological polar surface area (TPSA) is 131 Å². The van der Waals surface area contributed by atoms with E-state index in [1.165, 1.54) is 0 Å². The van der Waals surface area contributed by atoms with E-state index in [1.807, 2.05) is 0 Å². The van der Waals surface area contributed by atoms with Crippen LogP contribution in [0.15, 0.2) is 4.63 Å². The Kier molecular flexibility index (Phi) is 2.27. The van der Waals surface area contributed by atoms with Gasteiger partial charge in [0.25, 0.3) is 5.91 Å². The van der Waals surface area contributed by atoms with Gasteiger partial charge in [0.15, 0.2) is 0 Å². The summed E-state index contributed by atoms with van der Waals surface area (Å²) in [4.78, 5) is 34.8. The summed E-state index contributed by atoms with van der Waals surface area (Å²) < 4.78 is 4.25. The summed E-state index contributed by atoms with van der Waals surface area (Å²) in [5.74, 6) is -1.95. The fourth-order valence-corrected chi connectivity index (χ4v) is 1.27. The van der Waals surface area contributed by atoms with Crippen molar-refractivity contribution in [2.75, 3.05) is 18.8 Å². The lowest BCUT2D eigenvalue weighted by Crippen LogP contribution is -2.53. The van der Waals surface area contributed by atoms with Crippen LogP contribution in [-0.4, -0.2) is 46.0 Å². The molecule has 2 heterocycles. The summed E-state index contributed by atoms with van der Waals surface area (Å²) in [6.45, 7) is -0.451. The molecule has 3 N–H and O–H groups in total. The molecule has 1 aromatic heterocycles. The molecule has 0 aliphatic carbocycles. The predicted octanol–water partition coefficient (Wildman–Crippen LogP) is -2.25. The Morgan fingerprint density at radius 1 is 1.31 bits per heavy atom. The summed E-state index contributed by atoms with van der Waals surface area (Å²) in [5.41, 5.74) is 5.11. The number of aromatic nitrogens is 2. The molecule has 0 radical (unpaired) electrons. The minimum atomic E-state index is -0.665. The Hall–Kier alpha value is -2.45. The Balaban J connectivity index is 2.19. The molecule has 0 spiro atoms. The molecule has 1 aromatic rings. The zero-order chi connectivity index (χ0) is 11.7. The highest BCUT2D eigenvalue weighted by Gasteiger charge is 2.30. The van der Waals surface area contributed by atoms with Crippen LogP contribution >= 0.6 is 0 Å². The molecule has 9 nitrogen and oxygen atoms in total. The number of hydrogen-bond donors (Lipinski definition) is 2. The Morgan fingerprint density at radius 3 is 2.44 bits per heavy atom. The van der Waals surface area contributed by atoms with Gasteiger partial charge in [0.1, 0.15) is 13.1 Å². The maximum absolute atomic E-state index is 11.7. The number of piperazine rings is 1. The van der Waals surface area contributed by atoms with Gasteiger partial charge in [-0.2, -0.15) is 0 Å². The molecular weight excluding hydrogens is 218 g/mol. The Labute approximate surface area is 88.5 Å². The van der Waals surface area contributed by atoms with Crippen LogP contribution in [-0.2, 0) is 9.59 Å². The van der Waals surface area contributed by atoms with E-state index in [2.05, 4.69) is 20.3 Å². The first-order valence-corrected chi connectivity index (χ1v) is 4.28. The molecule has 0 unspecified atom stereocenters. The van der Waals surface area contributed by atoms with E-state index < -0.39 is 17.7 Å². The third kappa shape index (κ3) is 1.69. The first kappa shape index (κ1) is 10.1. The standard InChI is InChI=1S/C7H7N5O4/c8-6-5(10-16-11-6)7(15)12-1-3(13)9-4(14)2-12/h1-2H2,(H2,8,11)(H,9,13,14). The van der Waals surface area contributed by atoms with Gasteiger partial charge < -0.3 is 10.6 Å². The van der Waals surface area contributed by atoms with Crippen molar-refractivity contribution >= 4 is 23.5 Å². The summed E-state index contributed by atoms with van der Waals surface area (Å²) in [6.07, 6.45) is 0. The fourth-order valence-electron chi connectivity index (χ4n) is 1.27. The predicted molar refractivity (Wildman–Crippen MR) is 47.8 cm³/mol. The summed E-state index contributed by atoms with van der Waals surface area (Å²) in [5, 5.41) is 8.59. The third-order valence-corrected chi connectivity index (χ3v) is 1.95. The lowest BCUT2D eigenvalue weighted by Gasteiger charge is -2.24. The highest BCUT2D eigenvalue weighted by Crippen LogP contribution is 2.09. The molecule has 84 valence electrons. The van der Waals surface area contributed by atoms with Gasteiger partial charge in [0.05, 0.1) is 0 Å². The van der Waals surface area contributed by atoms with Crippen LogP contribution in [0.1, 0.15) is 10.5 Å². The summed E-state index contributed by atoms with van der Waals surface area (Å²) in [6, 6.07) is 0. The zero-order valence-electron chi connectivity index (χ0n) is 7.97. The second-order valence-electron chi connectivity index (χ2n) is 3.13. The number of amides is 3. The van der Waals surface area contributed by atoms with Gasteiger partial charge in [0.2, 0.25) is 23.3 Å². The average Bonchev–Trinajstić information content (AvgIpc) is 2.62. The molecule has 0 saturated carbocycles. The van der Waals surface area contributed by atoms with Crippen LogP contribution in [0.25, 0.3) is 0 Å². The molecule has 1 saturated heterocycles. The number of nitrogens with zero attached hydrogens (tertiary/aromatic N) is 3. The van der Waals surface area contributed by atoms with Gasteiger partial charge in [-0.25, -0.2) is 4.63 Å². The van der Waals surface area contributed by atoms with Crippen molar-refractivity contribution in [1.29, 1.82) is 0 Å². The Bertz CT molecular complexity index is 451. The first-order valence-electron chi connectivity index (χ1n) is 4.28. The van der Waals surface area contributed by atoms with E-state index in [0.717, 1.165) is 4.90 Å². The molecule has 9 heteroatoms. The molecule has 0 aromatic carbocycles. The molecule has 0 bridgehead atoms. The average molecular weight is 225 g/mol. The molecule has 1 fully saturated rings. The third-order valence-electron chi connectivity index (χ3n) is 1.95. The van der Waals surface area contributed by atoms with Gasteiger partial charge in [-0.1, -0.05) is 0 Å². The van der Waals surface area contributed by atoms with Crippen molar-refractivity contribution in [2.24, 2.45) is 0 Å². The van der Waals surface area contributed by atoms with Crippen molar-refractivity contribution in [3.8, 4) is 0 Å². The zero-order valence-corrected chi connectivity index (χ0v) is 7.97. The molecular formula is C7H7N5O4. The van der Waals surface area contributed by atoms with Crippen molar-refractivity contribution in [3.63, 3.8) is 0 Å². The van der Waals surface area contributed by atoms with E-state index in [0.29, 0.717) is 0 Å².